The molecule has 1 saturated carbocycles. The molecule has 1 aliphatic rings. The van der Waals surface area contributed by atoms with Gasteiger partial charge in [-0.05, 0) is 43.0 Å². The Labute approximate surface area is 203 Å². The summed E-state index contributed by atoms with van der Waals surface area (Å²) in [6.45, 7) is 0. The third-order valence-electron chi connectivity index (χ3n) is 2.50. The molecule has 140 valence electrons. The third kappa shape index (κ3) is 18.6. The van der Waals surface area contributed by atoms with E-state index in [1.54, 1.807) is 24.3 Å². The van der Waals surface area contributed by atoms with Crippen LogP contribution in [0.25, 0.3) is 0 Å². The topological polar surface area (TPSA) is 204 Å². The Balaban J connectivity index is -0.000000170. The number of halogens is 1. The summed E-state index contributed by atoms with van der Waals surface area (Å²) in [6.07, 6.45) is 3.15. The van der Waals surface area contributed by atoms with Crippen molar-refractivity contribution < 1.29 is 128 Å². The molecule has 0 unspecified atom stereocenters. The van der Waals surface area contributed by atoms with Gasteiger partial charge >= 0.3 is 113 Å². The van der Waals surface area contributed by atoms with Gasteiger partial charge in [0, 0.05) is 17.0 Å². The fourth-order valence-corrected chi connectivity index (χ4v) is 3.20. The maximum absolute atomic E-state index is 11.6. The minimum atomic E-state index is -6.07. The first-order valence-corrected chi connectivity index (χ1v) is 10.4. The molecule has 26 heavy (non-hydrogen) atoms. The Kier molecular flexibility index (Phi) is 20.2. The van der Waals surface area contributed by atoms with Gasteiger partial charge in [-0.25, -0.2) is 0 Å². The van der Waals surface area contributed by atoms with E-state index in [0.29, 0.717) is 17.4 Å². The molecule has 0 amide bonds. The van der Waals surface area contributed by atoms with Crippen LogP contribution in [-0.2, 0) is 45.3 Å². The van der Waals surface area contributed by atoms with Crippen molar-refractivity contribution in [3.05, 3.63) is 34.9 Å². The number of hydrogen-bond acceptors (Lipinski definition) is 8. The van der Waals surface area contributed by atoms with Gasteiger partial charge in [-0.3, -0.25) is 4.79 Å². The monoisotopic (exact) mass is 492 g/mol. The molecule has 0 saturated heterocycles. The molecule has 0 heterocycles. The van der Waals surface area contributed by atoms with Crippen molar-refractivity contribution >= 4 is 17.4 Å². The van der Waals surface area contributed by atoms with E-state index in [0.717, 1.165) is 5.56 Å². The van der Waals surface area contributed by atoms with Gasteiger partial charge in [0.15, 0.2) is 5.78 Å². The average Bonchev–Trinajstić information content (AvgIpc) is 3.09. The molecular formula is C11H15ClCr2Na2O10. The summed E-state index contributed by atoms with van der Waals surface area (Å²) in [5, 5.41) is 0.683. The van der Waals surface area contributed by atoms with Crippen LogP contribution in [0.1, 0.15) is 29.6 Å². The molecule has 15 heteroatoms. The van der Waals surface area contributed by atoms with E-state index in [1.165, 1.54) is 12.8 Å². The van der Waals surface area contributed by atoms with Crippen LogP contribution in [-0.4, -0.2) is 16.7 Å². The Morgan fingerprint density at radius 3 is 1.65 bits per heavy atom. The van der Waals surface area contributed by atoms with E-state index in [4.69, 9.17) is 11.6 Å². The Morgan fingerprint density at radius 1 is 1.00 bits per heavy atom. The second-order valence-electron chi connectivity index (χ2n) is 4.46. The van der Waals surface area contributed by atoms with Crippen LogP contribution in [0, 0.1) is 5.92 Å². The van der Waals surface area contributed by atoms with Gasteiger partial charge in [0.05, 0.1) is 0 Å². The number of benzene rings is 1. The summed E-state index contributed by atoms with van der Waals surface area (Å²) < 4.78 is 58.9. The van der Waals surface area contributed by atoms with Crippen LogP contribution in [0.5, 0.6) is 0 Å². The molecule has 1 aromatic carbocycles. The molecule has 1 fully saturated rings. The number of carbonyl (C=O) groups excluding carboxylic acids is 1. The van der Waals surface area contributed by atoms with Crippen molar-refractivity contribution in [2.75, 3.05) is 0 Å². The zero-order chi connectivity index (χ0) is 17.0. The Morgan fingerprint density at radius 2 is 1.38 bits per heavy atom. The predicted molar refractivity (Wildman–Crippen MR) is 64.2 cm³/mol. The summed E-state index contributed by atoms with van der Waals surface area (Å²) in [5.41, 5.74) is 0.788. The quantitative estimate of drug-likeness (QED) is 0.284. The molecule has 4 N–H and O–H groups in total. The predicted octanol–water partition coefficient (Wildman–Crippen LogP) is -7.25. The normalized spacial score (nSPS) is 12.6. The van der Waals surface area contributed by atoms with E-state index in [-0.39, 0.29) is 75.9 Å². The molecule has 0 aliphatic heterocycles. The van der Waals surface area contributed by atoms with Gasteiger partial charge in [-0.1, -0.05) is 11.6 Å². The Hall–Kier alpha value is 1.24. The van der Waals surface area contributed by atoms with Crippen LogP contribution in [0.3, 0.4) is 0 Å². The van der Waals surface area contributed by atoms with Gasteiger partial charge in [0.25, 0.3) is 0 Å². The molecule has 1 aromatic rings. The molecule has 0 spiro atoms. The molecule has 0 radical (unpaired) electrons. The van der Waals surface area contributed by atoms with Gasteiger partial charge in [0.2, 0.25) is 0 Å². The number of ketones is 1. The van der Waals surface area contributed by atoms with Gasteiger partial charge < -0.3 is 11.0 Å². The van der Waals surface area contributed by atoms with Crippen molar-refractivity contribution in [1.29, 1.82) is 0 Å². The average molecular weight is 493 g/mol. The first-order valence-electron chi connectivity index (χ1n) is 5.88. The molecule has 0 aromatic heterocycles. The van der Waals surface area contributed by atoms with Crippen LogP contribution >= 0.6 is 11.6 Å². The first kappa shape index (κ1) is 34.7. The molecule has 0 bridgehead atoms. The van der Waals surface area contributed by atoms with Crippen molar-refractivity contribution in [3.63, 3.8) is 0 Å². The van der Waals surface area contributed by atoms with E-state index >= 15 is 0 Å². The second kappa shape index (κ2) is 15.1. The maximum atomic E-state index is 11.6. The van der Waals surface area contributed by atoms with Crippen LogP contribution < -0.4 is 67.4 Å². The van der Waals surface area contributed by atoms with E-state index in [9.17, 15) is 28.3 Å². The van der Waals surface area contributed by atoms with Crippen LogP contribution in [0.2, 0.25) is 5.02 Å². The fraction of sp³-hybridized carbons (Fsp3) is 0.364. The molecule has 1 aliphatic carbocycles. The molecular weight excluding hydrogens is 478 g/mol. The van der Waals surface area contributed by atoms with Gasteiger partial charge in [0.1, 0.15) is 0 Å². The molecule has 0 atom stereocenters. The van der Waals surface area contributed by atoms with Crippen molar-refractivity contribution in [2.24, 2.45) is 5.92 Å². The zero-order valence-electron chi connectivity index (χ0n) is 14.0. The van der Waals surface area contributed by atoms with E-state index in [2.05, 4.69) is 2.84 Å². The van der Waals surface area contributed by atoms with Gasteiger partial charge in [-0.2, -0.15) is 0 Å². The standard InChI is InChI=1S/C11H11ClO.2Cr.2Na.2H2O.7O/c12-10-5-3-9(4-6-10)11(13)7-8-1-2-8;;;;;;;;;;;;;/h3-6,8H,1-2,7H2;;;;;2*1H2;;;;;;;/q;;;2*+1;;;;;;;;2*-1. The number of rotatable bonds is 5. The SMILES string of the molecule is O.O.O=C(CC1CC1)c1ccc(Cl)cc1.[Na+].[Na+].[O]=[Cr](=[O])([O-])[O][Cr](=[O])(=[O])[O-]. The summed E-state index contributed by atoms with van der Waals surface area (Å²) in [4.78, 5) is 11.6. The Bertz CT molecular complexity index is 703. The van der Waals surface area contributed by atoms with E-state index in [1.807, 2.05) is 0 Å². The van der Waals surface area contributed by atoms with Crippen molar-refractivity contribution in [1.82, 2.24) is 0 Å². The van der Waals surface area contributed by atoms with Crippen molar-refractivity contribution in [2.45, 2.75) is 19.3 Å². The number of hydrogen-bond donors (Lipinski definition) is 0. The van der Waals surface area contributed by atoms with E-state index < -0.39 is 27.2 Å². The van der Waals surface area contributed by atoms with Crippen LogP contribution in [0.4, 0.5) is 0 Å². The van der Waals surface area contributed by atoms with Gasteiger partial charge in [-0.15, -0.1) is 0 Å². The molecule has 2 rings (SSSR count). The zero-order valence-corrected chi connectivity index (χ0v) is 21.3. The second-order valence-corrected chi connectivity index (χ2v) is 8.54. The number of carbonyl (C=O) groups is 1. The summed E-state index contributed by atoms with van der Waals surface area (Å²) in [6, 6.07) is 7.13. The molecule has 10 nitrogen and oxygen atoms in total. The summed E-state index contributed by atoms with van der Waals surface area (Å²) >= 11 is -6.42. The summed E-state index contributed by atoms with van der Waals surface area (Å²) in [5.74, 6) is 0.905. The summed E-state index contributed by atoms with van der Waals surface area (Å²) in [7, 11) is 0. The first-order chi connectivity index (χ1) is 9.96. The van der Waals surface area contributed by atoms with Crippen LogP contribution in [0.15, 0.2) is 24.3 Å². The third-order valence-corrected chi connectivity index (χ3v) is 5.42. The fourth-order valence-electron chi connectivity index (χ4n) is 1.44. The minimum absolute atomic E-state index is 0. The van der Waals surface area contributed by atoms with Crippen molar-refractivity contribution in [3.8, 4) is 0 Å². The number of Topliss-reactive ketones (excluding diaryl/α,β-unsaturated/α-hetero) is 1.